The maximum absolute atomic E-state index is 6.31. The van der Waals surface area contributed by atoms with Gasteiger partial charge in [-0.1, -0.05) is 25.4 Å². The van der Waals surface area contributed by atoms with Crippen LogP contribution in [0.15, 0.2) is 0 Å². The van der Waals surface area contributed by atoms with E-state index in [-0.39, 0.29) is 0 Å². The number of rotatable bonds is 4. The molecule has 1 aliphatic heterocycles. The Morgan fingerprint density at radius 3 is 2.44 bits per heavy atom. The fourth-order valence-corrected chi connectivity index (χ4v) is 3.30. The molecule has 2 heterocycles. The van der Waals surface area contributed by atoms with Crippen LogP contribution in [-0.4, -0.2) is 27.8 Å². The minimum Gasteiger partial charge on any atom is -0.298 e. The highest BCUT2D eigenvalue weighted by atomic mass is 35.5. The lowest BCUT2D eigenvalue weighted by atomic mass is 9.82. The molecule has 102 valence electrons. The summed E-state index contributed by atoms with van der Waals surface area (Å²) in [5.74, 6) is 0. The standard InChI is InChI=1S/C14H24ClN3/c1-5-14(6-2)7-8-18(10-14)9-12-11(3)16-17(4)13(12)15/h5-10H2,1-4H3. The molecule has 0 N–H and O–H groups in total. The fraction of sp³-hybridized carbons (Fsp3) is 0.786. The van der Waals surface area contributed by atoms with Gasteiger partial charge in [0.2, 0.25) is 0 Å². The van der Waals surface area contributed by atoms with Crippen LogP contribution in [0.3, 0.4) is 0 Å². The summed E-state index contributed by atoms with van der Waals surface area (Å²) < 4.78 is 1.77. The normalized spacial score (nSPS) is 19.6. The van der Waals surface area contributed by atoms with Crippen molar-refractivity contribution in [2.45, 2.75) is 46.6 Å². The summed E-state index contributed by atoms with van der Waals surface area (Å²) in [6.45, 7) is 10.0. The van der Waals surface area contributed by atoms with E-state index >= 15 is 0 Å². The van der Waals surface area contributed by atoms with E-state index in [1.165, 1.54) is 37.9 Å². The van der Waals surface area contributed by atoms with Crippen molar-refractivity contribution in [3.63, 3.8) is 0 Å². The van der Waals surface area contributed by atoms with E-state index < -0.39 is 0 Å². The summed E-state index contributed by atoms with van der Waals surface area (Å²) in [7, 11) is 1.91. The Bertz CT molecular complexity index is 421. The van der Waals surface area contributed by atoms with Crippen molar-refractivity contribution in [1.29, 1.82) is 0 Å². The van der Waals surface area contributed by atoms with Gasteiger partial charge in [-0.2, -0.15) is 5.10 Å². The van der Waals surface area contributed by atoms with Crippen LogP contribution in [-0.2, 0) is 13.6 Å². The average molecular weight is 270 g/mol. The molecule has 0 radical (unpaired) electrons. The molecule has 2 rings (SSSR count). The molecular weight excluding hydrogens is 246 g/mol. The summed E-state index contributed by atoms with van der Waals surface area (Å²) >= 11 is 6.31. The molecule has 18 heavy (non-hydrogen) atoms. The molecule has 0 bridgehead atoms. The molecule has 3 nitrogen and oxygen atoms in total. The first kappa shape index (κ1) is 13.9. The van der Waals surface area contributed by atoms with Gasteiger partial charge in [-0.25, -0.2) is 0 Å². The van der Waals surface area contributed by atoms with E-state index in [9.17, 15) is 0 Å². The van der Waals surface area contributed by atoms with Crippen molar-refractivity contribution in [2.24, 2.45) is 12.5 Å². The van der Waals surface area contributed by atoms with Crippen molar-refractivity contribution in [1.82, 2.24) is 14.7 Å². The van der Waals surface area contributed by atoms with E-state index in [1.807, 2.05) is 14.0 Å². The smallest absolute Gasteiger partial charge is 0.131 e. The Kier molecular flexibility index (Phi) is 4.02. The molecule has 0 unspecified atom stereocenters. The zero-order valence-corrected chi connectivity index (χ0v) is 12.7. The third-order valence-electron chi connectivity index (χ3n) is 4.67. The minimum absolute atomic E-state index is 0.530. The first-order valence-electron chi connectivity index (χ1n) is 6.91. The summed E-state index contributed by atoms with van der Waals surface area (Å²) in [4.78, 5) is 2.53. The van der Waals surface area contributed by atoms with Crippen LogP contribution in [0.1, 0.15) is 44.4 Å². The Morgan fingerprint density at radius 2 is 2.00 bits per heavy atom. The lowest BCUT2D eigenvalue weighted by Crippen LogP contribution is -2.26. The van der Waals surface area contributed by atoms with Gasteiger partial charge in [0.25, 0.3) is 0 Å². The minimum atomic E-state index is 0.530. The number of aryl methyl sites for hydroxylation is 2. The van der Waals surface area contributed by atoms with Crippen LogP contribution in [0, 0.1) is 12.3 Å². The Hall–Kier alpha value is -0.540. The highest BCUT2D eigenvalue weighted by Crippen LogP contribution is 2.38. The number of nitrogens with zero attached hydrogens (tertiary/aromatic N) is 3. The highest BCUT2D eigenvalue weighted by molar-refractivity contribution is 6.30. The molecule has 1 fully saturated rings. The number of halogens is 1. The van der Waals surface area contributed by atoms with Crippen molar-refractivity contribution in [3.8, 4) is 0 Å². The summed E-state index contributed by atoms with van der Waals surface area (Å²) in [5.41, 5.74) is 2.79. The first-order chi connectivity index (χ1) is 8.51. The van der Waals surface area contributed by atoms with Crippen molar-refractivity contribution in [3.05, 3.63) is 16.4 Å². The lowest BCUT2D eigenvalue weighted by Gasteiger charge is -2.26. The van der Waals surface area contributed by atoms with Gasteiger partial charge in [0.05, 0.1) is 5.69 Å². The van der Waals surface area contributed by atoms with Crippen LogP contribution in [0.4, 0.5) is 0 Å². The SMILES string of the molecule is CCC1(CC)CCN(Cc2c(C)nn(C)c2Cl)C1. The molecule has 1 aromatic rings. The second-order valence-electron chi connectivity index (χ2n) is 5.65. The molecule has 0 spiro atoms. The third kappa shape index (κ3) is 2.43. The van der Waals surface area contributed by atoms with Crippen molar-refractivity contribution < 1.29 is 0 Å². The molecule has 0 aromatic carbocycles. The largest absolute Gasteiger partial charge is 0.298 e. The van der Waals surface area contributed by atoms with E-state index in [2.05, 4.69) is 23.8 Å². The summed E-state index contributed by atoms with van der Waals surface area (Å²) in [5, 5.41) is 5.18. The monoisotopic (exact) mass is 269 g/mol. The second-order valence-corrected chi connectivity index (χ2v) is 6.00. The van der Waals surface area contributed by atoms with E-state index in [1.54, 1.807) is 4.68 Å². The summed E-state index contributed by atoms with van der Waals surface area (Å²) in [6, 6.07) is 0. The van der Waals surface area contributed by atoms with Crippen LogP contribution in [0.5, 0.6) is 0 Å². The maximum Gasteiger partial charge on any atom is 0.131 e. The molecule has 4 heteroatoms. The number of hydrogen-bond donors (Lipinski definition) is 0. The Balaban J connectivity index is 2.08. The molecule has 1 aromatic heterocycles. The predicted octanol–water partition coefficient (Wildman–Crippen LogP) is 3.39. The number of aromatic nitrogens is 2. The van der Waals surface area contributed by atoms with Gasteiger partial charge in [0, 0.05) is 25.7 Å². The van der Waals surface area contributed by atoms with Crippen LogP contribution in [0.25, 0.3) is 0 Å². The highest BCUT2D eigenvalue weighted by Gasteiger charge is 2.35. The van der Waals surface area contributed by atoms with E-state index in [0.717, 1.165) is 17.4 Å². The molecule has 0 aliphatic carbocycles. The predicted molar refractivity (Wildman–Crippen MR) is 75.9 cm³/mol. The molecular formula is C14H24ClN3. The Morgan fingerprint density at radius 1 is 1.33 bits per heavy atom. The molecule has 1 saturated heterocycles. The van der Waals surface area contributed by atoms with Gasteiger partial charge in [-0.3, -0.25) is 9.58 Å². The van der Waals surface area contributed by atoms with Crippen molar-refractivity contribution >= 4 is 11.6 Å². The van der Waals surface area contributed by atoms with E-state index in [0.29, 0.717) is 5.41 Å². The van der Waals surface area contributed by atoms with Crippen LogP contribution >= 0.6 is 11.6 Å². The van der Waals surface area contributed by atoms with Gasteiger partial charge in [0.1, 0.15) is 5.15 Å². The topological polar surface area (TPSA) is 21.1 Å². The zero-order valence-electron chi connectivity index (χ0n) is 12.0. The number of likely N-dealkylation sites (tertiary alicyclic amines) is 1. The van der Waals surface area contributed by atoms with Crippen LogP contribution in [0.2, 0.25) is 5.15 Å². The lowest BCUT2D eigenvalue weighted by molar-refractivity contribution is 0.236. The van der Waals surface area contributed by atoms with Crippen LogP contribution < -0.4 is 0 Å². The second kappa shape index (κ2) is 5.22. The Labute approximate surface area is 115 Å². The molecule has 0 atom stereocenters. The van der Waals surface area contributed by atoms with E-state index in [4.69, 9.17) is 11.6 Å². The van der Waals surface area contributed by atoms with Gasteiger partial charge in [-0.15, -0.1) is 0 Å². The van der Waals surface area contributed by atoms with Gasteiger partial charge < -0.3 is 0 Å². The average Bonchev–Trinajstić information content (AvgIpc) is 2.88. The molecule has 0 saturated carbocycles. The first-order valence-corrected chi connectivity index (χ1v) is 7.29. The van der Waals surface area contributed by atoms with Gasteiger partial charge in [0.15, 0.2) is 0 Å². The maximum atomic E-state index is 6.31. The third-order valence-corrected chi connectivity index (χ3v) is 5.14. The quantitative estimate of drug-likeness (QED) is 0.835. The summed E-state index contributed by atoms with van der Waals surface area (Å²) in [6.07, 6.45) is 3.87. The van der Waals surface area contributed by atoms with Crippen molar-refractivity contribution in [2.75, 3.05) is 13.1 Å². The zero-order chi connectivity index (χ0) is 13.3. The number of hydrogen-bond acceptors (Lipinski definition) is 2. The van der Waals surface area contributed by atoms with Gasteiger partial charge >= 0.3 is 0 Å². The molecule has 0 amide bonds. The van der Waals surface area contributed by atoms with Gasteiger partial charge in [-0.05, 0) is 38.1 Å². The fourth-order valence-electron chi connectivity index (χ4n) is 3.07. The molecule has 1 aliphatic rings.